The molecule has 4 nitrogen and oxygen atoms in total. The number of aryl methyl sites for hydroxylation is 1. The van der Waals surface area contributed by atoms with Crippen molar-refractivity contribution in [1.82, 2.24) is 0 Å². The average Bonchev–Trinajstić information content (AvgIpc) is 2.43. The van der Waals surface area contributed by atoms with Crippen molar-refractivity contribution in [1.29, 1.82) is 0 Å². The largest absolute Gasteiger partial charge is 0.482 e. The monoisotopic (exact) mass is 250 g/mol. The minimum absolute atomic E-state index is 0.104. The number of hydrogen-bond donors (Lipinski definition) is 2. The summed E-state index contributed by atoms with van der Waals surface area (Å²) in [5.74, 6) is 0.848. The Morgan fingerprint density at radius 1 is 1.33 bits per heavy atom. The zero-order chi connectivity index (χ0) is 13.4. The summed E-state index contributed by atoms with van der Waals surface area (Å²) in [4.78, 5) is 0. The highest BCUT2D eigenvalue weighted by Crippen LogP contribution is 2.16. The summed E-state index contributed by atoms with van der Waals surface area (Å²) >= 11 is 0. The summed E-state index contributed by atoms with van der Waals surface area (Å²) in [6.07, 6.45) is 3.76. The Morgan fingerprint density at radius 3 is 2.50 bits per heavy atom. The molecule has 0 heterocycles. The lowest BCUT2D eigenvalue weighted by Crippen LogP contribution is -2.33. The predicted octanol–water partition coefficient (Wildman–Crippen LogP) is 2.93. The standard InChI is InChI=1S/C14H22N2O2/c1-3-5-6-11-7-9-12(10-8-11)18-13(4-2)14(15)16-17/h7-10,13,17H,3-6H2,1-2H3,(H2,15,16). The SMILES string of the molecule is CCCCc1ccc(OC(CC)/C(N)=N/O)cc1. The third-order valence-corrected chi connectivity index (χ3v) is 2.84. The second kappa shape index (κ2) is 7.58. The van der Waals surface area contributed by atoms with Crippen LogP contribution in [-0.2, 0) is 6.42 Å². The summed E-state index contributed by atoms with van der Waals surface area (Å²) in [5, 5.41) is 11.6. The van der Waals surface area contributed by atoms with Crippen molar-refractivity contribution < 1.29 is 9.94 Å². The lowest BCUT2D eigenvalue weighted by Gasteiger charge is -2.16. The molecule has 0 fully saturated rings. The summed E-state index contributed by atoms with van der Waals surface area (Å²) in [6.45, 7) is 4.11. The van der Waals surface area contributed by atoms with Gasteiger partial charge in [-0.1, -0.05) is 37.6 Å². The molecule has 0 radical (unpaired) electrons. The Morgan fingerprint density at radius 2 is 2.00 bits per heavy atom. The quantitative estimate of drug-likeness (QED) is 0.338. The summed E-state index contributed by atoms with van der Waals surface area (Å²) in [5.41, 5.74) is 6.85. The van der Waals surface area contributed by atoms with E-state index < -0.39 is 0 Å². The van der Waals surface area contributed by atoms with E-state index in [1.54, 1.807) is 0 Å². The fourth-order valence-corrected chi connectivity index (χ4v) is 1.70. The van der Waals surface area contributed by atoms with E-state index in [1.165, 1.54) is 18.4 Å². The molecule has 0 spiro atoms. The molecule has 1 aromatic rings. The van der Waals surface area contributed by atoms with Gasteiger partial charge in [0.1, 0.15) is 5.75 Å². The maximum absolute atomic E-state index is 8.64. The van der Waals surface area contributed by atoms with E-state index in [2.05, 4.69) is 24.2 Å². The van der Waals surface area contributed by atoms with Gasteiger partial charge in [-0.2, -0.15) is 0 Å². The zero-order valence-corrected chi connectivity index (χ0v) is 11.1. The maximum atomic E-state index is 8.64. The Hall–Kier alpha value is -1.71. The maximum Gasteiger partial charge on any atom is 0.180 e. The summed E-state index contributed by atoms with van der Waals surface area (Å²) in [6, 6.07) is 7.98. The van der Waals surface area contributed by atoms with Gasteiger partial charge in [-0.05, 0) is 37.0 Å². The predicted molar refractivity (Wildman–Crippen MR) is 73.2 cm³/mol. The van der Waals surface area contributed by atoms with Gasteiger partial charge in [0, 0.05) is 0 Å². The molecule has 0 amide bonds. The Labute approximate surface area is 108 Å². The number of rotatable bonds is 7. The third kappa shape index (κ3) is 4.28. The van der Waals surface area contributed by atoms with Gasteiger partial charge in [-0.3, -0.25) is 0 Å². The van der Waals surface area contributed by atoms with Gasteiger partial charge in [0.05, 0.1) is 0 Å². The minimum Gasteiger partial charge on any atom is -0.482 e. The van der Waals surface area contributed by atoms with E-state index in [9.17, 15) is 0 Å². The van der Waals surface area contributed by atoms with E-state index in [0.717, 1.165) is 12.2 Å². The summed E-state index contributed by atoms with van der Waals surface area (Å²) in [7, 11) is 0. The molecule has 1 atom stereocenters. The molecule has 0 aliphatic rings. The fraction of sp³-hybridized carbons (Fsp3) is 0.500. The highest BCUT2D eigenvalue weighted by Gasteiger charge is 2.13. The molecule has 0 bridgehead atoms. The van der Waals surface area contributed by atoms with Crippen molar-refractivity contribution in [3.63, 3.8) is 0 Å². The van der Waals surface area contributed by atoms with Crippen LogP contribution in [0.25, 0.3) is 0 Å². The first-order valence-electron chi connectivity index (χ1n) is 6.44. The Bertz CT molecular complexity index is 374. The molecule has 4 heteroatoms. The highest BCUT2D eigenvalue weighted by molar-refractivity contribution is 5.84. The van der Waals surface area contributed by atoms with E-state index >= 15 is 0 Å². The Balaban J connectivity index is 2.62. The van der Waals surface area contributed by atoms with Gasteiger partial charge >= 0.3 is 0 Å². The van der Waals surface area contributed by atoms with Crippen LogP contribution in [0, 0.1) is 0 Å². The normalized spacial score (nSPS) is 13.3. The smallest absolute Gasteiger partial charge is 0.180 e. The van der Waals surface area contributed by atoms with Crippen LogP contribution >= 0.6 is 0 Å². The molecule has 3 N–H and O–H groups in total. The van der Waals surface area contributed by atoms with E-state index in [4.69, 9.17) is 15.7 Å². The molecule has 1 unspecified atom stereocenters. The van der Waals surface area contributed by atoms with Gasteiger partial charge in [0.25, 0.3) is 0 Å². The Kier molecular flexibility index (Phi) is 6.05. The number of unbranched alkanes of at least 4 members (excludes halogenated alkanes) is 1. The summed E-state index contributed by atoms with van der Waals surface area (Å²) < 4.78 is 5.66. The van der Waals surface area contributed by atoms with Crippen molar-refractivity contribution in [2.75, 3.05) is 0 Å². The molecule has 0 saturated carbocycles. The second-order valence-electron chi connectivity index (χ2n) is 4.29. The molecule has 18 heavy (non-hydrogen) atoms. The van der Waals surface area contributed by atoms with Crippen molar-refractivity contribution in [3.05, 3.63) is 29.8 Å². The van der Waals surface area contributed by atoms with E-state index in [-0.39, 0.29) is 11.9 Å². The van der Waals surface area contributed by atoms with Crippen LogP contribution in [0.15, 0.2) is 29.4 Å². The molecular weight excluding hydrogens is 228 g/mol. The number of ether oxygens (including phenoxy) is 1. The van der Waals surface area contributed by atoms with Crippen LogP contribution in [0.5, 0.6) is 5.75 Å². The number of amidine groups is 1. The molecule has 1 aromatic carbocycles. The third-order valence-electron chi connectivity index (χ3n) is 2.84. The molecule has 1 rings (SSSR count). The number of hydrogen-bond acceptors (Lipinski definition) is 3. The van der Waals surface area contributed by atoms with Crippen LogP contribution < -0.4 is 10.5 Å². The van der Waals surface area contributed by atoms with Gasteiger partial charge < -0.3 is 15.7 Å². The molecule has 0 saturated heterocycles. The molecule has 0 aliphatic heterocycles. The van der Waals surface area contributed by atoms with E-state index in [0.29, 0.717) is 6.42 Å². The van der Waals surface area contributed by atoms with Gasteiger partial charge in [-0.15, -0.1) is 0 Å². The fourth-order valence-electron chi connectivity index (χ4n) is 1.70. The first-order chi connectivity index (χ1) is 8.71. The molecule has 0 aromatic heterocycles. The molecule has 100 valence electrons. The lowest BCUT2D eigenvalue weighted by atomic mass is 10.1. The number of nitrogens with two attached hydrogens (primary N) is 1. The van der Waals surface area contributed by atoms with Crippen molar-refractivity contribution in [2.45, 2.75) is 45.6 Å². The van der Waals surface area contributed by atoms with Gasteiger partial charge in [0.15, 0.2) is 11.9 Å². The second-order valence-corrected chi connectivity index (χ2v) is 4.29. The van der Waals surface area contributed by atoms with Crippen molar-refractivity contribution >= 4 is 5.84 Å². The van der Waals surface area contributed by atoms with Crippen LogP contribution in [-0.4, -0.2) is 17.1 Å². The molecule has 0 aliphatic carbocycles. The topological polar surface area (TPSA) is 67.8 Å². The van der Waals surface area contributed by atoms with Crippen LogP contribution in [0.4, 0.5) is 0 Å². The van der Waals surface area contributed by atoms with Crippen LogP contribution in [0.2, 0.25) is 0 Å². The van der Waals surface area contributed by atoms with Crippen LogP contribution in [0.1, 0.15) is 38.7 Å². The number of oxime groups is 1. The highest BCUT2D eigenvalue weighted by atomic mass is 16.5. The lowest BCUT2D eigenvalue weighted by molar-refractivity contribution is 0.246. The molecular formula is C14H22N2O2. The minimum atomic E-state index is -0.378. The van der Waals surface area contributed by atoms with E-state index in [1.807, 2.05) is 19.1 Å². The number of nitrogens with zero attached hydrogens (tertiary/aromatic N) is 1. The van der Waals surface area contributed by atoms with Crippen LogP contribution in [0.3, 0.4) is 0 Å². The first-order valence-corrected chi connectivity index (χ1v) is 6.44. The first kappa shape index (κ1) is 14.4. The van der Waals surface area contributed by atoms with Gasteiger partial charge in [-0.25, -0.2) is 0 Å². The van der Waals surface area contributed by atoms with Crippen molar-refractivity contribution in [3.8, 4) is 5.75 Å². The average molecular weight is 250 g/mol. The van der Waals surface area contributed by atoms with Gasteiger partial charge in [0.2, 0.25) is 0 Å². The zero-order valence-electron chi connectivity index (χ0n) is 11.1. The number of benzene rings is 1. The van der Waals surface area contributed by atoms with Crippen molar-refractivity contribution in [2.24, 2.45) is 10.9 Å².